The van der Waals surface area contributed by atoms with Gasteiger partial charge in [-0.15, -0.1) is 11.3 Å². The van der Waals surface area contributed by atoms with Gasteiger partial charge in [0.2, 0.25) is 0 Å². The molecule has 5 nitrogen and oxygen atoms in total. The summed E-state index contributed by atoms with van der Waals surface area (Å²) in [5, 5.41) is 8.55. The third-order valence-electron chi connectivity index (χ3n) is 4.61. The summed E-state index contributed by atoms with van der Waals surface area (Å²) in [7, 11) is 0. The summed E-state index contributed by atoms with van der Waals surface area (Å²) in [5.41, 5.74) is 2.78. The van der Waals surface area contributed by atoms with E-state index in [1.54, 1.807) is 24.5 Å². The molecule has 0 bridgehead atoms. The Hall–Kier alpha value is -3.06. The third-order valence-corrected chi connectivity index (χ3v) is 5.76. The Kier molecular flexibility index (Phi) is 4.92. The number of thiophene rings is 1. The van der Waals surface area contributed by atoms with Crippen LogP contribution in [0.1, 0.15) is 39.5 Å². The Labute approximate surface area is 165 Å². The highest BCUT2D eigenvalue weighted by Crippen LogP contribution is 2.29. The van der Waals surface area contributed by atoms with Crippen molar-refractivity contribution < 1.29 is 9.18 Å². The number of hydrogen-bond donors (Lipinski definition) is 1. The molecular weight excluding hydrogens is 375 g/mol. The van der Waals surface area contributed by atoms with Crippen molar-refractivity contribution >= 4 is 27.5 Å². The first-order valence-electron chi connectivity index (χ1n) is 8.93. The first kappa shape index (κ1) is 18.3. The molecule has 1 atom stereocenters. The molecule has 142 valence electrons. The van der Waals surface area contributed by atoms with Crippen molar-refractivity contribution in [1.82, 2.24) is 20.1 Å². The van der Waals surface area contributed by atoms with Gasteiger partial charge in [0.15, 0.2) is 0 Å². The van der Waals surface area contributed by atoms with Crippen LogP contribution < -0.4 is 5.32 Å². The van der Waals surface area contributed by atoms with Gasteiger partial charge in [-0.3, -0.25) is 14.5 Å². The van der Waals surface area contributed by atoms with Crippen molar-refractivity contribution in [1.29, 1.82) is 0 Å². The van der Waals surface area contributed by atoms with E-state index in [0.29, 0.717) is 11.4 Å². The number of nitrogens with zero attached hydrogens (tertiary/aromatic N) is 3. The predicted octanol–water partition coefficient (Wildman–Crippen LogP) is 4.48. The van der Waals surface area contributed by atoms with E-state index >= 15 is 0 Å². The van der Waals surface area contributed by atoms with E-state index in [2.05, 4.69) is 15.4 Å². The normalized spacial score (nSPS) is 12.2. The van der Waals surface area contributed by atoms with Crippen LogP contribution in [0, 0.1) is 12.7 Å². The third kappa shape index (κ3) is 3.66. The summed E-state index contributed by atoms with van der Waals surface area (Å²) in [5.74, 6) is -0.381. The highest BCUT2D eigenvalue weighted by molar-refractivity contribution is 7.20. The number of hydrogen-bond acceptors (Lipinski definition) is 4. The molecule has 1 aromatic carbocycles. The lowest BCUT2D eigenvalue weighted by Gasteiger charge is -2.12. The van der Waals surface area contributed by atoms with E-state index < -0.39 is 0 Å². The van der Waals surface area contributed by atoms with E-state index in [4.69, 9.17) is 0 Å². The lowest BCUT2D eigenvalue weighted by Crippen LogP contribution is -2.25. The van der Waals surface area contributed by atoms with Crippen LogP contribution in [0.4, 0.5) is 4.39 Å². The van der Waals surface area contributed by atoms with E-state index in [-0.39, 0.29) is 17.8 Å². The molecule has 0 radical (unpaired) electrons. The quantitative estimate of drug-likeness (QED) is 0.543. The van der Waals surface area contributed by atoms with Gasteiger partial charge in [0.05, 0.1) is 23.2 Å². The van der Waals surface area contributed by atoms with Crippen LogP contribution in [0.25, 0.3) is 10.2 Å². The number of fused-ring (bicyclic) bond motifs is 1. The summed E-state index contributed by atoms with van der Waals surface area (Å²) in [6.45, 7) is 4.39. The Bertz CT molecular complexity index is 1120. The zero-order chi connectivity index (χ0) is 19.7. The predicted molar refractivity (Wildman–Crippen MR) is 108 cm³/mol. The Morgan fingerprint density at radius 1 is 1.29 bits per heavy atom. The van der Waals surface area contributed by atoms with Gasteiger partial charge in [-0.25, -0.2) is 4.39 Å². The molecule has 0 saturated carbocycles. The lowest BCUT2D eigenvalue weighted by atomic mass is 10.1. The van der Waals surface area contributed by atoms with Gasteiger partial charge >= 0.3 is 0 Å². The number of aromatic nitrogens is 3. The van der Waals surface area contributed by atoms with Gasteiger partial charge in [0.25, 0.3) is 5.91 Å². The van der Waals surface area contributed by atoms with Gasteiger partial charge in [0, 0.05) is 17.8 Å². The average Bonchev–Trinajstić information content (AvgIpc) is 3.26. The van der Waals surface area contributed by atoms with Crippen molar-refractivity contribution in [3.8, 4) is 0 Å². The van der Waals surface area contributed by atoms with E-state index in [9.17, 15) is 9.18 Å². The molecule has 0 saturated heterocycles. The molecular formula is C21H19FN4OS. The number of amides is 1. The molecule has 0 aliphatic rings. The molecule has 28 heavy (non-hydrogen) atoms. The summed E-state index contributed by atoms with van der Waals surface area (Å²) in [4.78, 5) is 18.4. The fraction of sp³-hybridized carbons (Fsp3) is 0.190. The Morgan fingerprint density at radius 3 is 2.79 bits per heavy atom. The second-order valence-electron chi connectivity index (χ2n) is 6.68. The Morgan fingerprint density at radius 2 is 2.07 bits per heavy atom. The summed E-state index contributed by atoms with van der Waals surface area (Å²) >= 11 is 1.41. The molecule has 7 heteroatoms. The number of pyridine rings is 1. The fourth-order valence-electron chi connectivity index (χ4n) is 3.08. The SMILES string of the molecule is Cc1nn(Cc2ccc(F)cc2)c2sc(C(=O)N[C@H](C)c3cccnc3)cc12. The molecule has 0 aliphatic carbocycles. The molecule has 0 aliphatic heterocycles. The van der Waals surface area contributed by atoms with Gasteiger partial charge in [-0.2, -0.15) is 5.10 Å². The molecule has 4 aromatic rings. The minimum absolute atomic E-state index is 0.120. The van der Waals surface area contributed by atoms with Crippen molar-refractivity contribution in [2.24, 2.45) is 0 Å². The minimum atomic E-state index is -0.261. The first-order chi connectivity index (χ1) is 13.5. The van der Waals surface area contributed by atoms with Gasteiger partial charge < -0.3 is 5.32 Å². The maximum atomic E-state index is 13.1. The lowest BCUT2D eigenvalue weighted by molar-refractivity contribution is 0.0944. The largest absolute Gasteiger partial charge is 0.345 e. The van der Waals surface area contributed by atoms with E-state index in [1.165, 1.54) is 23.5 Å². The van der Waals surface area contributed by atoms with Crippen LogP contribution in [-0.2, 0) is 6.54 Å². The smallest absolute Gasteiger partial charge is 0.261 e. The molecule has 0 fully saturated rings. The summed E-state index contributed by atoms with van der Waals surface area (Å²) < 4.78 is 15.0. The van der Waals surface area contributed by atoms with E-state index in [1.807, 2.05) is 36.7 Å². The topological polar surface area (TPSA) is 59.8 Å². The van der Waals surface area contributed by atoms with Crippen LogP contribution in [-0.4, -0.2) is 20.7 Å². The van der Waals surface area contributed by atoms with Gasteiger partial charge in [-0.05, 0) is 49.2 Å². The van der Waals surface area contributed by atoms with Crippen molar-refractivity contribution in [3.05, 3.63) is 82.4 Å². The Balaban J connectivity index is 1.57. The second kappa shape index (κ2) is 7.52. The number of nitrogens with one attached hydrogen (secondary N) is 1. The second-order valence-corrected chi connectivity index (χ2v) is 7.71. The maximum absolute atomic E-state index is 13.1. The number of rotatable bonds is 5. The summed E-state index contributed by atoms with van der Waals surface area (Å²) in [6, 6.07) is 11.9. The maximum Gasteiger partial charge on any atom is 0.261 e. The number of halogens is 1. The molecule has 0 unspecified atom stereocenters. The van der Waals surface area contributed by atoms with Crippen molar-refractivity contribution in [3.63, 3.8) is 0 Å². The zero-order valence-electron chi connectivity index (χ0n) is 15.5. The first-order valence-corrected chi connectivity index (χ1v) is 9.75. The monoisotopic (exact) mass is 394 g/mol. The molecule has 3 heterocycles. The molecule has 4 rings (SSSR count). The van der Waals surface area contributed by atoms with Crippen LogP contribution in [0.3, 0.4) is 0 Å². The van der Waals surface area contributed by atoms with Crippen LogP contribution in [0.2, 0.25) is 0 Å². The highest BCUT2D eigenvalue weighted by Gasteiger charge is 2.18. The molecule has 1 N–H and O–H groups in total. The fourth-order valence-corrected chi connectivity index (χ4v) is 4.14. The van der Waals surface area contributed by atoms with Gasteiger partial charge in [0.1, 0.15) is 10.6 Å². The minimum Gasteiger partial charge on any atom is -0.345 e. The molecule has 1 amide bonds. The zero-order valence-corrected chi connectivity index (χ0v) is 16.3. The number of aryl methyl sites for hydroxylation is 1. The number of benzene rings is 1. The van der Waals surface area contributed by atoms with Crippen molar-refractivity contribution in [2.75, 3.05) is 0 Å². The number of carbonyl (C=O) groups is 1. The standard InChI is InChI=1S/C21H19FN4OS/c1-13(16-4-3-9-23-11-16)24-20(27)19-10-18-14(2)25-26(21(18)28-19)12-15-5-7-17(22)8-6-15/h3-11,13H,12H2,1-2H3,(H,24,27)/t13-/m1/s1. The molecule has 0 spiro atoms. The van der Waals surface area contributed by atoms with E-state index in [0.717, 1.165) is 27.0 Å². The highest BCUT2D eigenvalue weighted by atomic mass is 32.1. The summed E-state index contributed by atoms with van der Waals surface area (Å²) in [6.07, 6.45) is 3.46. The van der Waals surface area contributed by atoms with Gasteiger partial charge in [-0.1, -0.05) is 18.2 Å². The van der Waals surface area contributed by atoms with Crippen LogP contribution >= 0.6 is 11.3 Å². The van der Waals surface area contributed by atoms with Crippen LogP contribution in [0.15, 0.2) is 54.9 Å². The molecule has 3 aromatic heterocycles. The van der Waals surface area contributed by atoms with Crippen LogP contribution in [0.5, 0.6) is 0 Å². The average molecular weight is 394 g/mol. The number of carbonyl (C=O) groups excluding carboxylic acids is 1. The van der Waals surface area contributed by atoms with Crippen molar-refractivity contribution in [2.45, 2.75) is 26.4 Å².